The molecule has 1 amide bonds. The molecule has 2 aromatic carbocycles. The largest absolute Gasteiger partial charge is 0.375 e. The van der Waals surface area contributed by atoms with Crippen LogP contribution < -0.4 is 0 Å². The van der Waals surface area contributed by atoms with Gasteiger partial charge < -0.3 is 9.64 Å². The zero-order valence-corrected chi connectivity index (χ0v) is 15.3. The van der Waals surface area contributed by atoms with Crippen LogP contribution in [0.3, 0.4) is 0 Å². The van der Waals surface area contributed by atoms with Gasteiger partial charge in [0.2, 0.25) is 5.91 Å². The van der Waals surface area contributed by atoms with Gasteiger partial charge in [-0.2, -0.15) is 0 Å². The summed E-state index contributed by atoms with van der Waals surface area (Å²) in [6.45, 7) is 4.11. The minimum Gasteiger partial charge on any atom is -0.375 e. The number of nitrogens with zero attached hydrogens (tertiary/aromatic N) is 2. The van der Waals surface area contributed by atoms with Crippen LogP contribution in [0.25, 0.3) is 0 Å². The fraction of sp³-hybridized carbons (Fsp3) is 0.381. The molecule has 138 valence electrons. The number of amides is 1. The molecule has 5 heteroatoms. The summed E-state index contributed by atoms with van der Waals surface area (Å²) >= 11 is 0. The third kappa shape index (κ3) is 4.48. The Bertz CT molecular complexity index is 721. The van der Waals surface area contributed by atoms with Crippen molar-refractivity contribution in [3.05, 3.63) is 71.5 Å². The number of ether oxygens (including phenoxy) is 1. The number of hydrogen-bond donors (Lipinski definition) is 0. The van der Waals surface area contributed by atoms with E-state index in [1.165, 1.54) is 12.1 Å². The summed E-state index contributed by atoms with van der Waals surface area (Å²) in [5, 5.41) is 0. The van der Waals surface area contributed by atoms with Gasteiger partial charge in [-0.1, -0.05) is 42.5 Å². The maximum atomic E-state index is 13.4. The van der Waals surface area contributed by atoms with Crippen molar-refractivity contribution in [3.8, 4) is 0 Å². The van der Waals surface area contributed by atoms with Crippen LogP contribution in [-0.2, 0) is 9.53 Å². The molecule has 4 nitrogen and oxygen atoms in total. The summed E-state index contributed by atoms with van der Waals surface area (Å²) in [6.07, 6.45) is 0.0695. The average molecular weight is 356 g/mol. The lowest BCUT2D eigenvalue weighted by Crippen LogP contribution is -2.48. The van der Waals surface area contributed by atoms with Crippen molar-refractivity contribution in [1.82, 2.24) is 9.80 Å². The first kappa shape index (κ1) is 18.5. The highest BCUT2D eigenvalue weighted by Gasteiger charge is 2.26. The number of carbonyl (C=O) groups excluding carboxylic acids is 1. The van der Waals surface area contributed by atoms with Gasteiger partial charge in [-0.05, 0) is 37.2 Å². The fourth-order valence-corrected chi connectivity index (χ4v) is 3.43. The predicted octanol–water partition coefficient (Wildman–Crippen LogP) is 3.09. The van der Waals surface area contributed by atoms with Crippen LogP contribution in [0, 0.1) is 5.82 Å². The molecule has 1 saturated heterocycles. The summed E-state index contributed by atoms with van der Waals surface area (Å²) in [5.41, 5.74) is 2.04. The van der Waals surface area contributed by atoms with E-state index in [2.05, 4.69) is 0 Å². The normalized spacial score (nSPS) is 18.8. The average Bonchev–Trinajstić information content (AvgIpc) is 2.64. The van der Waals surface area contributed by atoms with E-state index < -0.39 is 0 Å². The second-order valence-electron chi connectivity index (χ2n) is 6.80. The lowest BCUT2D eigenvalue weighted by atomic mass is 9.97. The number of likely N-dealkylation sites (N-methyl/N-ethyl adjacent to an activating group) is 1. The van der Waals surface area contributed by atoms with Gasteiger partial charge >= 0.3 is 0 Å². The van der Waals surface area contributed by atoms with Crippen LogP contribution >= 0.6 is 0 Å². The van der Waals surface area contributed by atoms with E-state index in [0.29, 0.717) is 26.2 Å². The van der Waals surface area contributed by atoms with Crippen LogP contribution in [0.4, 0.5) is 4.39 Å². The molecule has 26 heavy (non-hydrogen) atoms. The molecule has 0 aromatic heterocycles. The SMILES string of the molecule is CC1CN(C(=O)CN(C)C(c2ccccc2)c2ccc(F)cc2)CCO1. The van der Waals surface area contributed by atoms with E-state index in [0.717, 1.165) is 11.1 Å². The van der Waals surface area contributed by atoms with Crippen molar-refractivity contribution in [3.63, 3.8) is 0 Å². The van der Waals surface area contributed by atoms with Crippen molar-refractivity contribution in [2.75, 3.05) is 33.3 Å². The van der Waals surface area contributed by atoms with Gasteiger partial charge in [-0.25, -0.2) is 4.39 Å². The maximum absolute atomic E-state index is 13.4. The van der Waals surface area contributed by atoms with Gasteiger partial charge in [0, 0.05) is 13.1 Å². The van der Waals surface area contributed by atoms with E-state index in [-0.39, 0.29) is 23.9 Å². The molecule has 1 aliphatic rings. The smallest absolute Gasteiger partial charge is 0.236 e. The minimum absolute atomic E-state index is 0.0695. The zero-order chi connectivity index (χ0) is 18.5. The topological polar surface area (TPSA) is 32.8 Å². The van der Waals surface area contributed by atoms with E-state index in [9.17, 15) is 9.18 Å². The molecule has 0 radical (unpaired) electrons. The molecule has 0 saturated carbocycles. The fourth-order valence-electron chi connectivity index (χ4n) is 3.43. The molecule has 2 atom stereocenters. The van der Waals surface area contributed by atoms with Crippen molar-refractivity contribution < 1.29 is 13.9 Å². The highest BCUT2D eigenvalue weighted by atomic mass is 19.1. The Morgan fingerprint density at radius 3 is 2.50 bits per heavy atom. The van der Waals surface area contributed by atoms with E-state index >= 15 is 0 Å². The summed E-state index contributed by atoms with van der Waals surface area (Å²) in [4.78, 5) is 16.6. The monoisotopic (exact) mass is 356 g/mol. The summed E-state index contributed by atoms with van der Waals surface area (Å²) in [5.74, 6) is -0.174. The predicted molar refractivity (Wildman–Crippen MR) is 99.3 cm³/mol. The maximum Gasteiger partial charge on any atom is 0.236 e. The van der Waals surface area contributed by atoms with Crippen molar-refractivity contribution in [2.24, 2.45) is 0 Å². The number of morpholine rings is 1. The first-order valence-electron chi connectivity index (χ1n) is 8.94. The molecular formula is C21H25FN2O2. The third-order valence-electron chi connectivity index (χ3n) is 4.72. The van der Waals surface area contributed by atoms with E-state index in [4.69, 9.17) is 4.74 Å². The van der Waals surface area contributed by atoms with Crippen LogP contribution in [0.2, 0.25) is 0 Å². The first-order valence-corrected chi connectivity index (χ1v) is 8.94. The Labute approximate surface area is 154 Å². The Morgan fingerprint density at radius 1 is 1.19 bits per heavy atom. The molecule has 1 aliphatic heterocycles. The number of benzene rings is 2. The molecule has 0 spiro atoms. The van der Waals surface area contributed by atoms with E-state index in [1.807, 2.05) is 54.1 Å². The van der Waals surface area contributed by atoms with Crippen LogP contribution in [0.1, 0.15) is 24.1 Å². The molecule has 2 aromatic rings. The van der Waals surface area contributed by atoms with Gasteiger partial charge in [0.25, 0.3) is 0 Å². The van der Waals surface area contributed by atoms with Crippen LogP contribution in [0.15, 0.2) is 54.6 Å². The highest BCUT2D eigenvalue weighted by molar-refractivity contribution is 5.78. The summed E-state index contributed by atoms with van der Waals surface area (Å²) in [7, 11) is 1.93. The van der Waals surface area contributed by atoms with Gasteiger partial charge in [-0.15, -0.1) is 0 Å². The third-order valence-corrected chi connectivity index (χ3v) is 4.72. The molecule has 0 bridgehead atoms. The molecule has 0 N–H and O–H groups in total. The quantitative estimate of drug-likeness (QED) is 0.825. The highest BCUT2D eigenvalue weighted by Crippen LogP contribution is 2.27. The number of rotatable bonds is 5. The summed E-state index contributed by atoms with van der Waals surface area (Å²) < 4.78 is 18.9. The number of halogens is 1. The Balaban J connectivity index is 1.80. The Morgan fingerprint density at radius 2 is 1.85 bits per heavy atom. The number of hydrogen-bond acceptors (Lipinski definition) is 3. The molecule has 1 fully saturated rings. The molecule has 1 heterocycles. The van der Waals surface area contributed by atoms with Crippen molar-refractivity contribution in [2.45, 2.75) is 19.1 Å². The summed E-state index contributed by atoms with van der Waals surface area (Å²) in [6, 6.07) is 16.4. The second-order valence-corrected chi connectivity index (χ2v) is 6.80. The van der Waals surface area contributed by atoms with Crippen molar-refractivity contribution in [1.29, 1.82) is 0 Å². The van der Waals surface area contributed by atoms with Gasteiger partial charge in [0.1, 0.15) is 5.82 Å². The van der Waals surface area contributed by atoms with Gasteiger partial charge in [0.05, 0.1) is 25.3 Å². The number of carbonyl (C=O) groups is 1. The lowest BCUT2D eigenvalue weighted by Gasteiger charge is -2.34. The Kier molecular flexibility index (Phi) is 6.01. The Hall–Kier alpha value is -2.24. The standard InChI is InChI=1S/C21H25FN2O2/c1-16-14-24(12-13-26-16)20(25)15-23(2)21(17-6-4-3-5-7-17)18-8-10-19(22)11-9-18/h3-11,16,21H,12-15H2,1-2H3. The molecule has 3 rings (SSSR count). The molecule has 2 unspecified atom stereocenters. The lowest BCUT2D eigenvalue weighted by molar-refractivity contribution is -0.139. The second kappa shape index (κ2) is 8.43. The molecule has 0 aliphatic carbocycles. The van der Waals surface area contributed by atoms with Gasteiger partial charge in [-0.3, -0.25) is 9.69 Å². The minimum atomic E-state index is -0.262. The van der Waals surface area contributed by atoms with Crippen LogP contribution in [-0.4, -0.2) is 55.1 Å². The zero-order valence-electron chi connectivity index (χ0n) is 15.3. The van der Waals surface area contributed by atoms with Gasteiger partial charge in [0.15, 0.2) is 0 Å². The van der Waals surface area contributed by atoms with E-state index in [1.54, 1.807) is 12.1 Å². The van der Waals surface area contributed by atoms with Crippen LogP contribution in [0.5, 0.6) is 0 Å². The molecular weight excluding hydrogens is 331 g/mol. The van der Waals surface area contributed by atoms with Crippen molar-refractivity contribution >= 4 is 5.91 Å². The first-order chi connectivity index (χ1) is 12.5.